The fourth-order valence-electron chi connectivity index (χ4n) is 2.05. The minimum absolute atomic E-state index is 0.441. The van der Waals surface area contributed by atoms with E-state index < -0.39 is 0 Å². The summed E-state index contributed by atoms with van der Waals surface area (Å²) >= 11 is 0. The van der Waals surface area contributed by atoms with Crippen LogP contribution in [0.4, 0.5) is 5.82 Å². The van der Waals surface area contributed by atoms with E-state index in [1.165, 1.54) is 0 Å². The van der Waals surface area contributed by atoms with Crippen molar-refractivity contribution in [1.82, 2.24) is 15.5 Å². The molecular formula is C16H30N4. The Labute approximate surface area is 124 Å². The average molecular weight is 278 g/mol. The summed E-state index contributed by atoms with van der Waals surface area (Å²) in [6, 6.07) is 4.60. The number of rotatable bonds is 8. The van der Waals surface area contributed by atoms with E-state index in [-0.39, 0.29) is 0 Å². The van der Waals surface area contributed by atoms with E-state index in [1.807, 2.05) is 0 Å². The maximum absolute atomic E-state index is 4.39. The van der Waals surface area contributed by atoms with Crippen LogP contribution >= 0.6 is 0 Å². The fourth-order valence-corrected chi connectivity index (χ4v) is 2.05. The summed E-state index contributed by atoms with van der Waals surface area (Å²) in [5.41, 5.74) is 1.00. The van der Waals surface area contributed by atoms with Gasteiger partial charge in [0, 0.05) is 19.1 Å². The van der Waals surface area contributed by atoms with E-state index in [2.05, 4.69) is 74.1 Å². The first-order valence-electron chi connectivity index (χ1n) is 7.70. The molecule has 0 atom stereocenters. The molecule has 0 aliphatic carbocycles. The van der Waals surface area contributed by atoms with Crippen molar-refractivity contribution in [2.45, 2.75) is 54.1 Å². The van der Waals surface area contributed by atoms with E-state index in [0.29, 0.717) is 17.9 Å². The summed E-state index contributed by atoms with van der Waals surface area (Å²) in [6.07, 6.45) is 0. The zero-order valence-electron chi connectivity index (χ0n) is 13.8. The number of aromatic nitrogens is 2. The zero-order valence-corrected chi connectivity index (χ0v) is 13.8. The Balaban J connectivity index is 2.63. The van der Waals surface area contributed by atoms with E-state index in [0.717, 1.165) is 31.1 Å². The highest BCUT2D eigenvalue weighted by Gasteiger charge is 2.13. The van der Waals surface area contributed by atoms with E-state index in [1.54, 1.807) is 0 Å². The Morgan fingerprint density at radius 2 is 1.70 bits per heavy atom. The molecule has 4 heteroatoms. The van der Waals surface area contributed by atoms with Crippen molar-refractivity contribution in [2.24, 2.45) is 11.8 Å². The van der Waals surface area contributed by atoms with Gasteiger partial charge in [-0.25, -0.2) is 0 Å². The fraction of sp³-hybridized carbons (Fsp3) is 0.750. The first-order chi connectivity index (χ1) is 9.40. The molecule has 1 aromatic heterocycles. The van der Waals surface area contributed by atoms with Gasteiger partial charge in [-0.05, 0) is 44.4 Å². The first kappa shape index (κ1) is 16.9. The van der Waals surface area contributed by atoms with Crippen molar-refractivity contribution < 1.29 is 0 Å². The van der Waals surface area contributed by atoms with Crippen LogP contribution in [0.3, 0.4) is 0 Å². The van der Waals surface area contributed by atoms with Crippen LogP contribution in [0.5, 0.6) is 0 Å². The zero-order chi connectivity index (χ0) is 15.1. The van der Waals surface area contributed by atoms with Crippen LogP contribution in [0.25, 0.3) is 0 Å². The Hall–Kier alpha value is -1.16. The number of nitrogens with one attached hydrogen (secondary N) is 1. The lowest BCUT2D eigenvalue weighted by Crippen LogP contribution is -2.35. The Bertz CT molecular complexity index is 371. The summed E-state index contributed by atoms with van der Waals surface area (Å²) in [5.74, 6) is 2.25. The minimum Gasteiger partial charge on any atom is -0.352 e. The van der Waals surface area contributed by atoms with Gasteiger partial charge in [0.1, 0.15) is 0 Å². The van der Waals surface area contributed by atoms with Gasteiger partial charge in [-0.15, -0.1) is 5.10 Å². The highest BCUT2D eigenvalue weighted by molar-refractivity contribution is 5.38. The molecule has 114 valence electrons. The normalized spacial score (nSPS) is 11.7. The third-order valence-electron chi connectivity index (χ3n) is 3.04. The molecule has 1 rings (SSSR count). The first-order valence-corrected chi connectivity index (χ1v) is 7.70. The lowest BCUT2D eigenvalue weighted by atomic mass is 10.2. The molecule has 0 radical (unpaired) electrons. The molecule has 20 heavy (non-hydrogen) atoms. The molecular weight excluding hydrogens is 248 g/mol. The molecule has 0 aliphatic heterocycles. The predicted octanol–water partition coefficient (Wildman–Crippen LogP) is 3.09. The number of nitrogens with zero attached hydrogens (tertiary/aromatic N) is 3. The predicted molar refractivity (Wildman–Crippen MR) is 85.9 cm³/mol. The molecule has 0 fully saturated rings. The van der Waals surface area contributed by atoms with Crippen molar-refractivity contribution in [3.05, 3.63) is 17.8 Å². The van der Waals surface area contributed by atoms with Gasteiger partial charge >= 0.3 is 0 Å². The smallest absolute Gasteiger partial charge is 0.151 e. The molecule has 0 spiro atoms. The standard InChI is InChI=1S/C16H30N4/c1-12(2)9-17-10-15-7-8-16(19-18-15)20(14(5)6)11-13(3)4/h7-8,12-14,17H,9-11H2,1-6H3. The second-order valence-electron chi connectivity index (χ2n) is 6.55. The molecule has 1 heterocycles. The SMILES string of the molecule is CC(C)CNCc1ccc(N(CC(C)C)C(C)C)nn1. The molecule has 0 bridgehead atoms. The number of hydrogen-bond donors (Lipinski definition) is 1. The van der Waals surface area contributed by atoms with Crippen molar-refractivity contribution in [3.63, 3.8) is 0 Å². The molecule has 0 unspecified atom stereocenters. The van der Waals surface area contributed by atoms with Gasteiger partial charge in [0.2, 0.25) is 0 Å². The van der Waals surface area contributed by atoms with Crippen LogP contribution in [0, 0.1) is 11.8 Å². The quantitative estimate of drug-likeness (QED) is 0.793. The highest BCUT2D eigenvalue weighted by atomic mass is 15.3. The van der Waals surface area contributed by atoms with Gasteiger partial charge in [-0.3, -0.25) is 0 Å². The van der Waals surface area contributed by atoms with Crippen LogP contribution in [0.15, 0.2) is 12.1 Å². The van der Waals surface area contributed by atoms with Gasteiger partial charge in [0.25, 0.3) is 0 Å². The van der Waals surface area contributed by atoms with Crippen LogP contribution in [0.2, 0.25) is 0 Å². The molecule has 4 nitrogen and oxygen atoms in total. The summed E-state index contributed by atoms with van der Waals surface area (Å²) in [5, 5.41) is 12.1. The topological polar surface area (TPSA) is 41.0 Å². The van der Waals surface area contributed by atoms with Crippen LogP contribution in [-0.4, -0.2) is 29.3 Å². The van der Waals surface area contributed by atoms with Crippen molar-refractivity contribution in [2.75, 3.05) is 18.0 Å². The van der Waals surface area contributed by atoms with Crippen LogP contribution in [0.1, 0.15) is 47.2 Å². The van der Waals surface area contributed by atoms with Gasteiger partial charge in [0.05, 0.1) is 5.69 Å². The second-order valence-corrected chi connectivity index (χ2v) is 6.55. The van der Waals surface area contributed by atoms with Gasteiger partial charge in [0.15, 0.2) is 5.82 Å². The number of anilines is 1. The van der Waals surface area contributed by atoms with E-state index >= 15 is 0 Å². The number of hydrogen-bond acceptors (Lipinski definition) is 4. The summed E-state index contributed by atoms with van der Waals surface area (Å²) in [7, 11) is 0. The molecule has 1 aromatic rings. The Kier molecular flexibility index (Phi) is 6.93. The minimum atomic E-state index is 0.441. The maximum atomic E-state index is 4.39. The monoisotopic (exact) mass is 278 g/mol. The van der Waals surface area contributed by atoms with Crippen molar-refractivity contribution in [3.8, 4) is 0 Å². The molecule has 0 amide bonds. The third kappa shape index (κ3) is 5.87. The molecule has 0 aliphatic rings. The molecule has 0 saturated heterocycles. The van der Waals surface area contributed by atoms with Gasteiger partial charge in [-0.2, -0.15) is 5.10 Å². The van der Waals surface area contributed by atoms with Crippen molar-refractivity contribution in [1.29, 1.82) is 0 Å². The summed E-state index contributed by atoms with van der Waals surface area (Å²) in [4.78, 5) is 2.31. The Morgan fingerprint density at radius 1 is 1.00 bits per heavy atom. The summed E-state index contributed by atoms with van der Waals surface area (Å²) in [6.45, 7) is 16.1. The van der Waals surface area contributed by atoms with Crippen molar-refractivity contribution >= 4 is 5.82 Å². The highest BCUT2D eigenvalue weighted by Crippen LogP contribution is 2.15. The lowest BCUT2D eigenvalue weighted by molar-refractivity contribution is 0.543. The van der Waals surface area contributed by atoms with E-state index in [9.17, 15) is 0 Å². The largest absolute Gasteiger partial charge is 0.352 e. The van der Waals surface area contributed by atoms with Crippen LogP contribution in [-0.2, 0) is 6.54 Å². The maximum Gasteiger partial charge on any atom is 0.151 e. The molecule has 1 N–H and O–H groups in total. The average Bonchev–Trinajstić information content (AvgIpc) is 2.36. The van der Waals surface area contributed by atoms with E-state index in [4.69, 9.17) is 0 Å². The van der Waals surface area contributed by atoms with Gasteiger partial charge in [-0.1, -0.05) is 27.7 Å². The summed E-state index contributed by atoms with van der Waals surface area (Å²) < 4.78 is 0. The lowest BCUT2D eigenvalue weighted by Gasteiger charge is -2.29. The second kappa shape index (κ2) is 8.20. The third-order valence-corrected chi connectivity index (χ3v) is 3.04. The molecule has 0 saturated carbocycles. The molecule has 0 aromatic carbocycles. The van der Waals surface area contributed by atoms with Gasteiger partial charge < -0.3 is 10.2 Å². The Morgan fingerprint density at radius 3 is 2.15 bits per heavy atom. The van der Waals surface area contributed by atoms with Crippen LogP contribution < -0.4 is 10.2 Å².